The number of hydrogen-bond donors (Lipinski definition) is 0. The molecule has 0 N–H and O–H groups in total. The van der Waals surface area contributed by atoms with Crippen molar-refractivity contribution in [1.29, 1.82) is 0 Å². The Morgan fingerprint density at radius 3 is 2.57 bits per heavy atom. The molecule has 1 saturated heterocycles. The molecule has 0 aromatic heterocycles. The Morgan fingerprint density at radius 2 is 1.86 bits per heavy atom. The average Bonchev–Trinajstić information content (AvgIpc) is 2.45. The van der Waals surface area contributed by atoms with Gasteiger partial charge in [0, 0.05) is 18.7 Å². The van der Waals surface area contributed by atoms with Crippen molar-refractivity contribution >= 4 is 17.5 Å². The second-order valence-corrected chi connectivity index (χ2v) is 6.55. The van der Waals surface area contributed by atoms with Gasteiger partial charge < -0.3 is 14.4 Å². The highest BCUT2D eigenvalue weighted by atomic mass is 35.5. The topological polar surface area (TPSA) is 38.8 Å². The number of likely N-dealkylation sites (tertiary alicyclic amines) is 1. The molecule has 4 nitrogen and oxygen atoms in total. The maximum absolute atomic E-state index is 12.7. The lowest BCUT2D eigenvalue weighted by Gasteiger charge is -2.35. The molecule has 1 fully saturated rings. The van der Waals surface area contributed by atoms with E-state index in [0.29, 0.717) is 47.1 Å². The van der Waals surface area contributed by atoms with Crippen molar-refractivity contribution in [3.8, 4) is 11.5 Å². The third kappa shape index (κ3) is 2.95. The Kier molecular flexibility index (Phi) is 3.98. The first-order valence-corrected chi connectivity index (χ1v) is 7.81. The molecular formula is C16H20ClNO3. The van der Waals surface area contributed by atoms with Crippen LogP contribution in [0.3, 0.4) is 0 Å². The van der Waals surface area contributed by atoms with Crippen LogP contribution in [0, 0.1) is 11.8 Å². The van der Waals surface area contributed by atoms with Crippen LogP contribution in [-0.4, -0.2) is 37.1 Å². The first kappa shape index (κ1) is 14.5. The number of piperidine rings is 1. The number of fused-ring (bicyclic) bond motifs is 1. The Hall–Kier alpha value is -1.42. The second kappa shape index (κ2) is 5.76. The van der Waals surface area contributed by atoms with E-state index in [-0.39, 0.29) is 5.91 Å². The molecule has 3 rings (SSSR count). The summed E-state index contributed by atoms with van der Waals surface area (Å²) in [7, 11) is 0. The maximum Gasteiger partial charge on any atom is 0.254 e. The van der Waals surface area contributed by atoms with Gasteiger partial charge in [0.05, 0.1) is 5.02 Å². The number of carbonyl (C=O) groups excluding carboxylic acids is 1. The molecule has 21 heavy (non-hydrogen) atoms. The van der Waals surface area contributed by atoms with E-state index in [9.17, 15) is 4.79 Å². The van der Waals surface area contributed by atoms with Crippen LogP contribution in [0.2, 0.25) is 5.02 Å². The van der Waals surface area contributed by atoms with E-state index in [4.69, 9.17) is 21.1 Å². The Labute approximate surface area is 130 Å². The first-order chi connectivity index (χ1) is 10.0. The Bertz CT molecular complexity index is 551. The summed E-state index contributed by atoms with van der Waals surface area (Å²) < 4.78 is 11.0. The number of benzene rings is 1. The highest BCUT2D eigenvalue weighted by Crippen LogP contribution is 2.38. The van der Waals surface area contributed by atoms with Crippen LogP contribution < -0.4 is 9.47 Å². The van der Waals surface area contributed by atoms with E-state index in [1.54, 1.807) is 12.1 Å². The molecule has 0 saturated carbocycles. The van der Waals surface area contributed by atoms with Crippen molar-refractivity contribution in [1.82, 2.24) is 4.90 Å². The van der Waals surface area contributed by atoms with Crippen LogP contribution in [0.25, 0.3) is 0 Å². The maximum atomic E-state index is 12.7. The predicted molar refractivity (Wildman–Crippen MR) is 81.3 cm³/mol. The zero-order chi connectivity index (χ0) is 15.0. The van der Waals surface area contributed by atoms with Crippen molar-refractivity contribution in [2.24, 2.45) is 11.8 Å². The summed E-state index contributed by atoms with van der Waals surface area (Å²) in [6.45, 7) is 6.95. The molecule has 2 atom stereocenters. The summed E-state index contributed by atoms with van der Waals surface area (Å²) in [5, 5.41) is 0.439. The summed E-state index contributed by atoms with van der Waals surface area (Å²) in [4.78, 5) is 14.6. The summed E-state index contributed by atoms with van der Waals surface area (Å²) in [5.74, 6) is 2.19. The fourth-order valence-electron chi connectivity index (χ4n) is 3.25. The molecular weight excluding hydrogens is 290 g/mol. The van der Waals surface area contributed by atoms with E-state index in [0.717, 1.165) is 13.1 Å². The predicted octanol–water partition coefficient (Wildman–Crippen LogP) is 3.23. The minimum atomic E-state index is 0.0206. The van der Waals surface area contributed by atoms with Crippen LogP contribution >= 0.6 is 11.6 Å². The Balaban J connectivity index is 1.86. The van der Waals surface area contributed by atoms with Crippen molar-refractivity contribution in [3.63, 3.8) is 0 Å². The fraction of sp³-hybridized carbons (Fsp3) is 0.562. The molecule has 5 heteroatoms. The molecule has 2 heterocycles. The van der Waals surface area contributed by atoms with Gasteiger partial charge in [0.15, 0.2) is 11.5 Å². The molecule has 1 aromatic rings. The molecule has 2 aliphatic rings. The van der Waals surface area contributed by atoms with Crippen molar-refractivity contribution < 1.29 is 14.3 Å². The lowest BCUT2D eigenvalue weighted by Crippen LogP contribution is -2.42. The first-order valence-electron chi connectivity index (χ1n) is 7.43. The summed E-state index contributed by atoms with van der Waals surface area (Å²) >= 11 is 6.21. The van der Waals surface area contributed by atoms with Crippen LogP contribution in [-0.2, 0) is 0 Å². The minimum Gasteiger partial charge on any atom is -0.486 e. The van der Waals surface area contributed by atoms with E-state index >= 15 is 0 Å². The summed E-state index contributed by atoms with van der Waals surface area (Å²) in [5.41, 5.74) is 0.575. The highest BCUT2D eigenvalue weighted by Gasteiger charge is 2.28. The van der Waals surface area contributed by atoms with Gasteiger partial charge in [-0.15, -0.1) is 0 Å². The van der Waals surface area contributed by atoms with Gasteiger partial charge in [-0.05, 0) is 30.4 Å². The molecule has 1 aromatic carbocycles. The van der Waals surface area contributed by atoms with Crippen LogP contribution in [0.15, 0.2) is 12.1 Å². The van der Waals surface area contributed by atoms with E-state index in [1.165, 1.54) is 6.42 Å². The van der Waals surface area contributed by atoms with Gasteiger partial charge in [-0.1, -0.05) is 25.4 Å². The van der Waals surface area contributed by atoms with E-state index < -0.39 is 0 Å². The van der Waals surface area contributed by atoms with E-state index in [1.807, 2.05) is 4.90 Å². The van der Waals surface area contributed by atoms with E-state index in [2.05, 4.69) is 13.8 Å². The average molecular weight is 310 g/mol. The lowest BCUT2D eigenvalue weighted by molar-refractivity contribution is 0.0622. The smallest absolute Gasteiger partial charge is 0.254 e. The Morgan fingerprint density at radius 1 is 1.19 bits per heavy atom. The molecule has 0 spiro atoms. The van der Waals surface area contributed by atoms with Crippen molar-refractivity contribution in [3.05, 3.63) is 22.7 Å². The molecule has 0 bridgehead atoms. The summed E-state index contributed by atoms with van der Waals surface area (Å²) in [6, 6.07) is 3.42. The number of amides is 1. The largest absolute Gasteiger partial charge is 0.486 e. The zero-order valence-corrected chi connectivity index (χ0v) is 13.2. The zero-order valence-electron chi connectivity index (χ0n) is 12.4. The molecule has 2 unspecified atom stereocenters. The SMILES string of the molecule is CC1CC(C)CN(C(=O)c2cc(Cl)c3c(c2)OCCO3)C1. The third-order valence-electron chi connectivity index (χ3n) is 4.00. The van der Waals surface area contributed by atoms with Gasteiger partial charge in [-0.3, -0.25) is 4.79 Å². The minimum absolute atomic E-state index is 0.0206. The van der Waals surface area contributed by atoms with Crippen LogP contribution in [0.1, 0.15) is 30.6 Å². The van der Waals surface area contributed by atoms with Gasteiger partial charge >= 0.3 is 0 Å². The molecule has 114 valence electrons. The number of ether oxygens (including phenoxy) is 2. The number of halogens is 1. The summed E-state index contributed by atoms with van der Waals surface area (Å²) in [6.07, 6.45) is 1.17. The number of hydrogen-bond acceptors (Lipinski definition) is 3. The standard InChI is InChI=1S/C16H20ClNO3/c1-10-5-11(2)9-18(8-10)16(19)12-6-13(17)15-14(7-12)20-3-4-21-15/h6-7,10-11H,3-5,8-9H2,1-2H3. The number of nitrogens with zero attached hydrogens (tertiary/aromatic N) is 1. The van der Waals surface area contributed by atoms with Gasteiger partial charge in [0.2, 0.25) is 0 Å². The van der Waals surface area contributed by atoms with Crippen molar-refractivity contribution in [2.45, 2.75) is 20.3 Å². The fourth-order valence-corrected chi connectivity index (χ4v) is 3.51. The van der Waals surface area contributed by atoms with Gasteiger partial charge in [0.1, 0.15) is 13.2 Å². The normalized spacial score (nSPS) is 24.8. The number of rotatable bonds is 1. The highest BCUT2D eigenvalue weighted by molar-refractivity contribution is 6.32. The monoisotopic (exact) mass is 309 g/mol. The lowest BCUT2D eigenvalue weighted by atomic mass is 9.91. The molecule has 1 amide bonds. The number of carbonyl (C=O) groups is 1. The van der Waals surface area contributed by atoms with Crippen LogP contribution in [0.4, 0.5) is 0 Å². The molecule has 0 radical (unpaired) electrons. The van der Waals surface area contributed by atoms with Crippen LogP contribution in [0.5, 0.6) is 11.5 Å². The molecule has 2 aliphatic heterocycles. The van der Waals surface area contributed by atoms with Crippen molar-refractivity contribution in [2.75, 3.05) is 26.3 Å². The quantitative estimate of drug-likeness (QED) is 0.799. The van der Waals surface area contributed by atoms with Gasteiger partial charge in [-0.25, -0.2) is 0 Å². The van der Waals surface area contributed by atoms with Gasteiger partial charge in [-0.2, -0.15) is 0 Å². The van der Waals surface area contributed by atoms with Gasteiger partial charge in [0.25, 0.3) is 5.91 Å². The third-order valence-corrected chi connectivity index (χ3v) is 4.28. The molecule has 0 aliphatic carbocycles. The second-order valence-electron chi connectivity index (χ2n) is 6.14.